The molecule has 0 bridgehead atoms. The number of rotatable bonds is 10. The van der Waals surface area contributed by atoms with E-state index in [1.54, 1.807) is 0 Å². The van der Waals surface area contributed by atoms with Crippen molar-refractivity contribution in [3.05, 3.63) is 340 Å². The van der Waals surface area contributed by atoms with Gasteiger partial charge in [0.15, 0.2) is 0 Å². The minimum atomic E-state index is 0.817. The van der Waals surface area contributed by atoms with E-state index < -0.39 is 0 Å². The molecule has 6 nitrogen and oxygen atoms in total. The molecule has 8 heterocycles. The summed E-state index contributed by atoms with van der Waals surface area (Å²) in [5.74, 6) is 0. The van der Waals surface area contributed by atoms with Crippen LogP contribution in [0.5, 0.6) is 0 Å². The number of para-hydroxylation sites is 4. The van der Waals surface area contributed by atoms with Crippen molar-refractivity contribution in [1.29, 1.82) is 0 Å². The minimum Gasteiger partial charge on any atom is -0.455 e. The van der Waals surface area contributed by atoms with E-state index in [4.69, 9.17) is 28.8 Å². The fourth-order valence-electron chi connectivity index (χ4n) is 14.4. The Bertz CT molecular complexity index is 5800. The van der Waals surface area contributed by atoms with Crippen LogP contribution in [0.4, 0.5) is 0 Å². The van der Waals surface area contributed by atoms with Gasteiger partial charge in [0.05, 0.1) is 22.8 Å². The molecule has 0 aliphatic carbocycles. The molecule has 0 fully saturated rings. The highest BCUT2D eigenvalue weighted by atomic mass is 32.1. The Morgan fingerprint density at radius 1 is 0.200 bits per heavy atom. The summed E-state index contributed by atoms with van der Waals surface area (Å²) in [5, 5.41) is 9.77. The third-order valence-electron chi connectivity index (χ3n) is 19.2. The molecular formula is C92H56N4O2S2. The summed E-state index contributed by atoms with van der Waals surface area (Å²) < 4.78 is 18.0. The topological polar surface area (TPSA) is 77.8 Å². The molecule has 100 heavy (non-hydrogen) atoms. The monoisotopic (exact) mass is 1310 g/mol. The first-order valence-electron chi connectivity index (χ1n) is 33.4. The molecule has 0 amide bonds. The van der Waals surface area contributed by atoms with E-state index in [2.05, 4.69) is 291 Å². The van der Waals surface area contributed by atoms with Crippen LogP contribution in [0.2, 0.25) is 0 Å². The number of thiophene rings is 2. The van der Waals surface area contributed by atoms with Gasteiger partial charge in [-0.15, -0.1) is 22.7 Å². The number of furan rings is 2. The van der Waals surface area contributed by atoms with Crippen LogP contribution >= 0.6 is 22.7 Å². The van der Waals surface area contributed by atoms with E-state index in [0.717, 1.165) is 133 Å². The molecule has 0 unspecified atom stereocenters. The number of nitrogens with zero attached hydrogens (tertiary/aromatic N) is 4. The third-order valence-corrected chi connectivity index (χ3v) is 21.6. The Kier molecular flexibility index (Phi) is 14.5. The zero-order valence-electron chi connectivity index (χ0n) is 53.8. The van der Waals surface area contributed by atoms with Crippen molar-refractivity contribution in [2.24, 2.45) is 0 Å². The van der Waals surface area contributed by atoms with Gasteiger partial charge in [0, 0.05) is 97.8 Å². The Balaban J connectivity index is 0.000000139. The van der Waals surface area contributed by atoms with Crippen molar-refractivity contribution in [1.82, 2.24) is 19.9 Å². The average molecular weight is 1310 g/mol. The van der Waals surface area contributed by atoms with Crippen molar-refractivity contribution >= 4 is 107 Å². The van der Waals surface area contributed by atoms with E-state index in [1.807, 2.05) is 71.7 Å². The van der Waals surface area contributed by atoms with Crippen LogP contribution in [0.3, 0.4) is 0 Å². The van der Waals surface area contributed by atoms with Crippen molar-refractivity contribution in [3.63, 3.8) is 0 Å². The Labute approximate surface area is 583 Å². The molecule has 0 aliphatic rings. The van der Waals surface area contributed by atoms with Gasteiger partial charge in [-0.05, 0) is 175 Å². The molecular weight excluding hydrogens is 1260 g/mol. The van der Waals surface area contributed by atoms with Crippen LogP contribution in [0, 0.1) is 0 Å². The highest BCUT2D eigenvalue weighted by Crippen LogP contribution is 2.45. The number of fused-ring (bicyclic) bond motifs is 12. The van der Waals surface area contributed by atoms with Crippen LogP contribution in [0.1, 0.15) is 0 Å². The first-order chi connectivity index (χ1) is 49.5. The lowest BCUT2D eigenvalue weighted by Crippen LogP contribution is -1.90. The summed E-state index contributed by atoms with van der Waals surface area (Å²) in [4.78, 5) is 19.0. The number of benzene rings is 12. The van der Waals surface area contributed by atoms with Gasteiger partial charge in [-0.2, -0.15) is 0 Å². The average Bonchev–Trinajstić information content (AvgIpc) is 1.61. The smallest absolute Gasteiger partial charge is 0.143 e. The summed E-state index contributed by atoms with van der Waals surface area (Å²) >= 11 is 3.73. The third kappa shape index (κ3) is 10.6. The molecule has 0 spiro atoms. The van der Waals surface area contributed by atoms with Crippen molar-refractivity contribution in [2.45, 2.75) is 0 Å². The molecule has 20 rings (SSSR count). The van der Waals surface area contributed by atoms with E-state index >= 15 is 0 Å². The van der Waals surface area contributed by atoms with Gasteiger partial charge in [0.2, 0.25) is 0 Å². The normalized spacial score (nSPS) is 11.6. The minimum absolute atomic E-state index is 0.817. The number of hydrogen-bond acceptors (Lipinski definition) is 8. The maximum Gasteiger partial charge on any atom is 0.143 e. The van der Waals surface area contributed by atoms with Crippen molar-refractivity contribution in [2.75, 3.05) is 0 Å². The molecule has 0 saturated heterocycles. The second kappa shape index (κ2) is 24.7. The first kappa shape index (κ1) is 58.6. The van der Waals surface area contributed by atoms with Gasteiger partial charge < -0.3 is 8.83 Å². The fraction of sp³-hybridized carbons (Fsp3) is 0. The second-order valence-corrected chi connectivity index (χ2v) is 27.3. The molecule has 0 radical (unpaired) electrons. The summed E-state index contributed by atoms with van der Waals surface area (Å²) in [7, 11) is 0. The number of pyridine rings is 4. The van der Waals surface area contributed by atoms with Crippen LogP contribution in [0.15, 0.2) is 349 Å². The van der Waals surface area contributed by atoms with E-state index in [1.165, 1.54) is 62.6 Å². The Hall–Kier alpha value is -12.7. The first-order valence-corrected chi connectivity index (χ1v) is 35.1. The van der Waals surface area contributed by atoms with Gasteiger partial charge >= 0.3 is 0 Å². The zero-order valence-corrected chi connectivity index (χ0v) is 55.4. The number of aromatic nitrogens is 4. The Morgan fingerprint density at radius 3 is 0.840 bits per heavy atom. The predicted octanol–water partition coefficient (Wildman–Crippen LogP) is 26.2. The molecule has 20 aromatic rings. The second-order valence-electron chi connectivity index (χ2n) is 25.2. The quantitative estimate of drug-likeness (QED) is 0.136. The lowest BCUT2D eigenvalue weighted by atomic mass is 9.96. The molecule has 8 aromatic heterocycles. The van der Waals surface area contributed by atoms with E-state index in [0.29, 0.717) is 0 Å². The molecule has 0 saturated carbocycles. The maximum atomic E-state index is 6.35. The van der Waals surface area contributed by atoms with Gasteiger partial charge in [0.1, 0.15) is 22.3 Å². The Morgan fingerprint density at radius 2 is 0.470 bits per heavy atom. The van der Waals surface area contributed by atoms with Crippen LogP contribution < -0.4 is 0 Å². The lowest BCUT2D eigenvalue weighted by molar-refractivity contribution is 0.669. The van der Waals surface area contributed by atoms with Gasteiger partial charge in [-0.25, -0.2) is 0 Å². The summed E-state index contributed by atoms with van der Waals surface area (Å²) in [6, 6.07) is 111. The van der Waals surface area contributed by atoms with Crippen molar-refractivity contribution in [3.8, 4) is 112 Å². The summed E-state index contributed by atoms with van der Waals surface area (Å²) in [6.07, 6.45) is 7.51. The highest BCUT2D eigenvalue weighted by molar-refractivity contribution is 7.26. The van der Waals surface area contributed by atoms with Crippen LogP contribution in [0.25, 0.3) is 196 Å². The fourth-order valence-corrected chi connectivity index (χ4v) is 16.8. The van der Waals surface area contributed by atoms with Gasteiger partial charge in [0.25, 0.3) is 0 Å². The largest absolute Gasteiger partial charge is 0.455 e. The molecule has 0 aliphatic heterocycles. The predicted molar refractivity (Wildman–Crippen MR) is 419 cm³/mol. The molecule has 8 heteroatoms. The maximum absolute atomic E-state index is 6.35. The van der Waals surface area contributed by atoms with Crippen molar-refractivity contribution < 1.29 is 8.83 Å². The highest BCUT2D eigenvalue weighted by Gasteiger charge is 2.19. The van der Waals surface area contributed by atoms with Gasteiger partial charge in [-0.3, -0.25) is 19.9 Å². The molecule has 12 aromatic carbocycles. The van der Waals surface area contributed by atoms with E-state index in [-0.39, 0.29) is 0 Å². The standard InChI is InChI=1S/C46H28N2O2.C46H28N2S2/c2*1-3-19-43-37(13-1)39-17-7-15-35(45(39)49-43)33-11-5-9-29(25-33)31-21-23-47-41(27-31)42-28-32(22-24-48-42)30-10-6-12-34(26-30)36-16-8-18-40-38-14-2-4-20-44(38)50-46(36)40/h2*1-28H. The van der Waals surface area contributed by atoms with E-state index in [9.17, 15) is 0 Å². The summed E-state index contributed by atoms with van der Waals surface area (Å²) in [6.45, 7) is 0. The lowest BCUT2D eigenvalue weighted by Gasteiger charge is -2.10. The molecule has 0 N–H and O–H groups in total. The molecule has 468 valence electrons. The number of hydrogen-bond donors (Lipinski definition) is 0. The van der Waals surface area contributed by atoms with Crippen LogP contribution in [-0.4, -0.2) is 19.9 Å². The van der Waals surface area contributed by atoms with Crippen LogP contribution in [-0.2, 0) is 0 Å². The zero-order chi connectivity index (χ0) is 66.0. The summed E-state index contributed by atoms with van der Waals surface area (Å²) in [5.41, 5.74) is 25.1. The molecule has 0 atom stereocenters. The van der Waals surface area contributed by atoms with Gasteiger partial charge in [-0.1, -0.05) is 218 Å². The SMILES string of the molecule is c1cc(-c2ccnc(-c3cc(-c4cccc(-c5cccc6c5oc5ccccc56)c4)ccn3)c2)cc(-c2cccc3c2oc2ccccc23)c1.c1cc(-c2ccnc(-c3cc(-c4cccc(-c5cccc6c5sc5ccccc56)c4)ccn3)c2)cc(-c2cccc3c2sc2ccccc23)c1.